The van der Waals surface area contributed by atoms with Crippen LogP contribution in [0.5, 0.6) is 0 Å². The fourth-order valence-electron chi connectivity index (χ4n) is 2.82. The number of hydrogen-bond acceptors (Lipinski definition) is 2. The lowest BCUT2D eigenvalue weighted by Crippen LogP contribution is -2.45. The van der Waals surface area contributed by atoms with Gasteiger partial charge in [-0.2, -0.15) is 0 Å². The van der Waals surface area contributed by atoms with E-state index in [1.807, 2.05) is 24.3 Å². The van der Waals surface area contributed by atoms with Gasteiger partial charge in [0.15, 0.2) is 0 Å². The van der Waals surface area contributed by atoms with Gasteiger partial charge in [-0.1, -0.05) is 39.0 Å². The quantitative estimate of drug-likeness (QED) is 0.753. The fourth-order valence-corrected chi connectivity index (χ4v) is 2.82. The third-order valence-corrected chi connectivity index (χ3v) is 3.71. The molecule has 0 unspecified atom stereocenters. The Hall–Kier alpha value is -1.71. The van der Waals surface area contributed by atoms with Crippen LogP contribution in [-0.4, -0.2) is 17.2 Å². The Bertz CT molecular complexity index is 445. The molecule has 1 heterocycles. The smallest absolute Gasteiger partial charge is 0.405 e. The van der Waals surface area contributed by atoms with Crippen molar-refractivity contribution in [3.05, 3.63) is 29.8 Å². The Balaban J connectivity index is 2.38. The van der Waals surface area contributed by atoms with Crippen LogP contribution in [0.3, 0.4) is 0 Å². The van der Waals surface area contributed by atoms with Crippen LogP contribution in [0, 0.1) is 11.8 Å². The van der Waals surface area contributed by atoms with Crippen LogP contribution in [0.1, 0.15) is 32.4 Å². The van der Waals surface area contributed by atoms with Crippen LogP contribution in [0.4, 0.5) is 10.5 Å². The number of para-hydroxylation sites is 1. The van der Waals surface area contributed by atoms with E-state index >= 15 is 0 Å². The predicted octanol–water partition coefficient (Wildman–Crippen LogP) is 3.08. The first-order valence-electron chi connectivity index (χ1n) is 6.35. The van der Waals surface area contributed by atoms with Crippen LogP contribution >= 0.6 is 0 Å². The summed E-state index contributed by atoms with van der Waals surface area (Å²) in [6, 6.07) is 8.03. The molecule has 4 nitrogen and oxygen atoms in total. The number of carboxylic acid groups (broad SMARTS) is 1. The molecule has 4 heteroatoms. The number of hydrogen-bond donors (Lipinski definition) is 3. The van der Waals surface area contributed by atoms with Crippen LogP contribution in [0.2, 0.25) is 0 Å². The van der Waals surface area contributed by atoms with Gasteiger partial charge in [0.1, 0.15) is 0 Å². The van der Waals surface area contributed by atoms with Gasteiger partial charge in [-0.05, 0) is 17.5 Å². The second kappa shape index (κ2) is 4.88. The molecule has 1 aromatic rings. The summed E-state index contributed by atoms with van der Waals surface area (Å²) in [7, 11) is 0. The minimum absolute atomic E-state index is 0.146. The molecule has 1 aromatic carbocycles. The molecule has 3 atom stereocenters. The predicted molar refractivity (Wildman–Crippen MR) is 71.8 cm³/mol. The van der Waals surface area contributed by atoms with Crippen LogP contribution in [0.25, 0.3) is 0 Å². The molecule has 1 amide bonds. The Morgan fingerprint density at radius 3 is 2.67 bits per heavy atom. The van der Waals surface area contributed by atoms with E-state index in [1.54, 1.807) is 0 Å². The third kappa shape index (κ3) is 2.28. The number of anilines is 1. The maximum absolute atomic E-state index is 11.0. The number of amides is 1. The highest BCUT2D eigenvalue weighted by Crippen LogP contribution is 2.38. The summed E-state index contributed by atoms with van der Waals surface area (Å²) in [5.41, 5.74) is 2.07. The van der Waals surface area contributed by atoms with Crippen molar-refractivity contribution in [2.75, 3.05) is 5.32 Å². The van der Waals surface area contributed by atoms with E-state index in [2.05, 4.69) is 31.4 Å². The van der Waals surface area contributed by atoms with Gasteiger partial charge in [0, 0.05) is 17.6 Å². The number of benzene rings is 1. The van der Waals surface area contributed by atoms with Crippen molar-refractivity contribution in [2.45, 2.75) is 32.9 Å². The summed E-state index contributed by atoms with van der Waals surface area (Å²) in [5, 5.41) is 15.2. The number of rotatable bonds is 2. The van der Waals surface area contributed by atoms with E-state index in [4.69, 9.17) is 5.11 Å². The molecule has 0 fully saturated rings. The second-order valence-corrected chi connectivity index (χ2v) is 5.29. The highest BCUT2D eigenvalue weighted by atomic mass is 16.4. The monoisotopic (exact) mass is 248 g/mol. The molecule has 0 radical (unpaired) electrons. The Kier molecular flexibility index (Phi) is 3.45. The van der Waals surface area contributed by atoms with Gasteiger partial charge in [-0.25, -0.2) is 4.79 Å². The fraction of sp³-hybridized carbons (Fsp3) is 0.500. The molecule has 1 aliphatic heterocycles. The van der Waals surface area contributed by atoms with Gasteiger partial charge >= 0.3 is 6.09 Å². The molecule has 18 heavy (non-hydrogen) atoms. The summed E-state index contributed by atoms with van der Waals surface area (Å²) in [6.45, 7) is 6.40. The summed E-state index contributed by atoms with van der Waals surface area (Å²) in [6.07, 6.45) is -0.967. The van der Waals surface area contributed by atoms with Crippen molar-refractivity contribution >= 4 is 11.8 Å². The Morgan fingerprint density at radius 1 is 1.39 bits per heavy atom. The largest absolute Gasteiger partial charge is 0.465 e. The van der Waals surface area contributed by atoms with Crippen LogP contribution in [0.15, 0.2) is 24.3 Å². The van der Waals surface area contributed by atoms with E-state index in [9.17, 15) is 4.79 Å². The number of fused-ring (bicyclic) bond motifs is 1. The molecule has 2 rings (SSSR count). The summed E-state index contributed by atoms with van der Waals surface area (Å²) < 4.78 is 0. The van der Waals surface area contributed by atoms with E-state index in [0.29, 0.717) is 5.92 Å². The van der Waals surface area contributed by atoms with E-state index in [0.717, 1.165) is 11.3 Å². The Labute approximate surface area is 107 Å². The maximum atomic E-state index is 11.0. The van der Waals surface area contributed by atoms with Gasteiger partial charge in [-0.15, -0.1) is 0 Å². The SMILES string of the molecule is CC(C)[C@@H]1Nc2ccccc2[C@H](NC(=O)O)[C@@H]1C. The van der Waals surface area contributed by atoms with Crippen LogP contribution < -0.4 is 10.6 Å². The second-order valence-electron chi connectivity index (χ2n) is 5.29. The highest BCUT2D eigenvalue weighted by Gasteiger charge is 2.35. The molecule has 1 aliphatic rings. The highest BCUT2D eigenvalue weighted by molar-refractivity contribution is 5.67. The average Bonchev–Trinajstić information content (AvgIpc) is 2.31. The first kappa shape index (κ1) is 12.7. The van der Waals surface area contributed by atoms with Crippen LogP contribution in [-0.2, 0) is 0 Å². The van der Waals surface area contributed by atoms with Gasteiger partial charge in [0.25, 0.3) is 0 Å². The first-order chi connectivity index (χ1) is 8.50. The zero-order chi connectivity index (χ0) is 13.3. The van der Waals surface area contributed by atoms with E-state index < -0.39 is 6.09 Å². The van der Waals surface area contributed by atoms with Gasteiger partial charge < -0.3 is 15.7 Å². The molecule has 0 bridgehead atoms. The molecule has 98 valence electrons. The van der Waals surface area contributed by atoms with Crippen molar-refractivity contribution in [1.82, 2.24) is 5.32 Å². The molecule has 0 aromatic heterocycles. The van der Waals surface area contributed by atoms with Crippen molar-refractivity contribution in [3.8, 4) is 0 Å². The lowest BCUT2D eigenvalue weighted by atomic mass is 9.79. The normalized spacial score (nSPS) is 26.3. The Morgan fingerprint density at radius 2 is 2.06 bits per heavy atom. The zero-order valence-corrected chi connectivity index (χ0v) is 11.0. The van der Waals surface area contributed by atoms with Gasteiger partial charge in [0.05, 0.1) is 6.04 Å². The lowest BCUT2D eigenvalue weighted by Gasteiger charge is -2.40. The van der Waals surface area contributed by atoms with E-state index in [-0.39, 0.29) is 18.0 Å². The first-order valence-corrected chi connectivity index (χ1v) is 6.35. The zero-order valence-electron chi connectivity index (χ0n) is 11.0. The summed E-state index contributed by atoms with van der Waals surface area (Å²) in [5.74, 6) is 0.669. The standard InChI is InChI=1S/C14H20N2O2/c1-8(2)12-9(3)13(16-14(17)18)10-6-4-5-7-11(10)15-12/h4-9,12-13,15-16H,1-3H3,(H,17,18)/t9-,12+,13-/m1/s1. The maximum Gasteiger partial charge on any atom is 0.405 e. The van der Waals surface area contributed by atoms with Crippen molar-refractivity contribution in [1.29, 1.82) is 0 Å². The van der Waals surface area contributed by atoms with Crippen molar-refractivity contribution in [3.63, 3.8) is 0 Å². The molecule has 0 saturated heterocycles. The van der Waals surface area contributed by atoms with Crippen molar-refractivity contribution in [2.24, 2.45) is 11.8 Å². The third-order valence-electron chi connectivity index (χ3n) is 3.71. The molecule has 0 aliphatic carbocycles. The van der Waals surface area contributed by atoms with E-state index in [1.165, 1.54) is 0 Å². The minimum Gasteiger partial charge on any atom is -0.465 e. The molecule has 0 saturated carbocycles. The average molecular weight is 248 g/mol. The molecular formula is C14H20N2O2. The minimum atomic E-state index is -0.967. The van der Waals surface area contributed by atoms with Gasteiger partial charge in [0.2, 0.25) is 0 Å². The lowest BCUT2D eigenvalue weighted by molar-refractivity contribution is 0.180. The summed E-state index contributed by atoms with van der Waals surface area (Å²) in [4.78, 5) is 11.0. The molecule has 3 N–H and O–H groups in total. The summed E-state index contributed by atoms with van der Waals surface area (Å²) >= 11 is 0. The molecule has 0 spiro atoms. The number of carbonyl (C=O) groups is 1. The molecular weight excluding hydrogens is 228 g/mol. The van der Waals surface area contributed by atoms with Gasteiger partial charge in [-0.3, -0.25) is 0 Å². The topological polar surface area (TPSA) is 61.4 Å². The number of nitrogens with one attached hydrogen (secondary N) is 2. The van der Waals surface area contributed by atoms with Crippen molar-refractivity contribution < 1.29 is 9.90 Å².